The van der Waals surface area contributed by atoms with Crippen LogP contribution in [0.15, 0.2) is 33.5 Å². The lowest BCUT2D eigenvalue weighted by Crippen LogP contribution is -2.36. The Kier molecular flexibility index (Phi) is 3.98. The molecule has 1 aromatic carbocycles. The molecule has 5 nitrogen and oxygen atoms in total. The zero-order chi connectivity index (χ0) is 15.7. The van der Waals surface area contributed by atoms with E-state index in [4.69, 9.17) is 9.15 Å². The summed E-state index contributed by atoms with van der Waals surface area (Å²) < 4.78 is 10.1. The number of ether oxygens (including phenoxy) is 1. The molecule has 0 N–H and O–H groups in total. The summed E-state index contributed by atoms with van der Waals surface area (Å²) >= 11 is 0. The van der Waals surface area contributed by atoms with Crippen LogP contribution in [-0.4, -0.2) is 30.6 Å². The van der Waals surface area contributed by atoms with Gasteiger partial charge in [-0.25, -0.2) is 4.79 Å². The van der Waals surface area contributed by atoms with E-state index in [1.54, 1.807) is 0 Å². The summed E-state index contributed by atoms with van der Waals surface area (Å²) in [4.78, 5) is 25.7. The smallest absolute Gasteiger partial charge is 0.336 e. The highest BCUT2D eigenvalue weighted by atomic mass is 16.5. The number of methoxy groups -OCH3 is 1. The monoisotopic (exact) mass is 301 g/mol. The van der Waals surface area contributed by atoms with E-state index in [-0.39, 0.29) is 17.6 Å². The average molecular weight is 301 g/mol. The molecule has 3 rings (SSSR count). The Hall–Kier alpha value is -2.14. The molecule has 0 bridgehead atoms. The van der Waals surface area contributed by atoms with Gasteiger partial charge in [0.2, 0.25) is 0 Å². The van der Waals surface area contributed by atoms with Gasteiger partial charge in [-0.3, -0.25) is 9.69 Å². The van der Waals surface area contributed by atoms with Crippen molar-refractivity contribution >= 4 is 16.9 Å². The van der Waals surface area contributed by atoms with Crippen molar-refractivity contribution in [2.24, 2.45) is 0 Å². The topological polar surface area (TPSA) is 59.8 Å². The molecule has 22 heavy (non-hydrogen) atoms. The molecule has 0 amide bonds. The van der Waals surface area contributed by atoms with Gasteiger partial charge >= 0.3 is 11.6 Å². The van der Waals surface area contributed by atoms with Crippen molar-refractivity contribution in [2.75, 3.05) is 13.7 Å². The highest BCUT2D eigenvalue weighted by molar-refractivity contribution is 5.81. The van der Waals surface area contributed by atoms with Gasteiger partial charge in [0.15, 0.2) is 0 Å². The van der Waals surface area contributed by atoms with Crippen LogP contribution in [0.4, 0.5) is 0 Å². The third-order valence-electron chi connectivity index (χ3n) is 4.20. The van der Waals surface area contributed by atoms with Gasteiger partial charge in [0, 0.05) is 18.0 Å². The minimum atomic E-state index is -0.359. The number of hydrogen-bond donors (Lipinski definition) is 0. The quantitative estimate of drug-likeness (QED) is 0.643. The summed E-state index contributed by atoms with van der Waals surface area (Å²) in [5.41, 5.74) is 2.17. The SMILES string of the molecule is COC(=O)C1CCCN1Cc1cc(=O)oc2cc(C)ccc12. The molecular weight excluding hydrogens is 282 g/mol. The second kappa shape index (κ2) is 5.93. The third-order valence-corrected chi connectivity index (χ3v) is 4.20. The van der Waals surface area contributed by atoms with E-state index >= 15 is 0 Å². The lowest BCUT2D eigenvalue weighted by molar-refractivity contribution is -0.146. The fourth-order valence-corrected chi connectivity index (χ4v) is 3.11. The van der Waals surface area contributed by atoms with E-state index < -0.39 is 0 Å². The van der Waals surface area contributed by atoms with Crippen LogP contribution in [0.5, 0.6) is 0 Å². The van der Waals surface area contributed by atoms with E-state index in [1.807, 2.05) is 25.1 Å². The Bertz CT molecular complexity index is 765. The zero-order valence-corrected chi connectivity index (χ0v) is 12.8. The fourth-order valence-electron chi connectivity index (χ4n) is 3.11. The molecule has 1 fully saturated rings. The van der Waals surface area contributed by atoms with E-state index in [1.165, 1.54) is 13.2 Å². The molecule has 1 aliphatic heterocycles. The maximum absolute atomic E-state index is 11.8. The van der Waals surface area contributed by atoms with Crippen molar-refractivity contribution in [3.63, 3.8) is 0 Å². The Morgan fingerprint density at radius 1 is 1.41 bits per heavy atom. The Morgan fingerprint density at radius 2 is 2.23 bits per heavy atom. The van der Waals surface area contributed by atoms with Gasteiger partial charge < -0.3 is 9.15 Å². The molecule has 1 aliphatic rings. The zero-order valence-electron chi connectivity index (χ0n) is 12.8. The first-order valence-corrected chi connectivity index (χ1v) is 7.44. The van der Waals surface area contributed by atoms with Gasteiger partial charge in [-0.15, -0.1) is 0 Å². The number of aryl methyl sites for hydroxylation is 1. The van der Waals surface area contributed by atoms with Crippen LogP contribution < -0.4 is 5.63 Å². The summed E-state index contributed by atoms with van der Waals surface area (Å²) in [7, 11) is 1.41. The number of hydrogen-bond acceptors (Lipinski definition) is 5. The standard InChI is InChI=1S/C17H19NO4/c1-11-5-6-13-12(9-16(19)22-15(13)8-11)10-18-7-3-4-14(18)17(20)21-2/h5-6,8-9,14H,3-4,7,10H2,1-2H3. The molecule has 0 saturated carbocycles. The van der Waals surface area contributed by atoms with E-state index in [0.29, 0.717) is 12.1 Å². The van der Waals surface area contributed by atoms with Crippen molar-refractivity contribution in [2.45, 2.75) is 32.4 Å². The predicted octanol–water partition coefficient (Wildman–Crippen LogP) is 2.24. The molecule has 1 unspecified atom stereocenters. The highest BCUT2D eigenvalue weighted by Crippen LogP contribution is 2.25. The van der Waals surface area contributed by atoms with Crippen LogP contribution in [0.1, 0.15) is 24.0 Å². The van der Waals surface area contributed by atoms with Gasteiger partial charge in [0.05, 0.1) is 7.11 Å². The lowest BCUT2D eigenvalue weighted by atomic mass is 10.1. The Morgan fingerprint density at radius 3 is 3.00 bits per heavy atom. The highest BCUT2D eigenvalue weighted by Gasteiger charge is 2.31. The van der Waals surface area contributed by atoms with Gasteiger partial charge in [0.25, 0.3) is 0 Å². The largest absolute Gasteiger partial charge is 0.468 e. The molecule has 116 valence electrons. The molecule has 2 heterocycles. The molecule has 1 aromatic heterocycles. The average Bonchev–Trinajstić information content (AvgIpc) is 2.94. The van der Waals surface area contributed by atoms with E-state index in [9.17, 15) is 9.59 Å². The number of esters is 1. The normalized spacial score (nSPS) is 18.7. The number of benzene rings is 1. The number of likely N-dealkylation sites (tertiary alicyclic amines) is 1. The lowest BCUT2D eigenvalue weighted by Gasteiger charge is -2.22. The number of fused-ring (bicyclic) bond motifs is 1. The second-order valence-corrected chi connectivity index (χ2v) is 5.74. The van der Waals surface area contributed by atoms with E-state index in [2.05, 4.69) is 4.90 Å². The molecule has 0 radical (unpaired) electrons. The maximum atomic E-state index is 11.8. The molecule has 1 atom stereocenters. The van der Waals surface area contributed by atoms with Gasteiger partial charge in [-0.1, -0.05) is 12.1 Å². The fraction of sp³-hybridized carbons (Fsp3) is 0.412. The van der Waals surface area contributed by atoms with Gasteiger partial charge in [0.1, 0.15) is 11.6 Å². The van der Waals surface area contributed by atoms with Crippen molar-refractivity contribution < 1.29 is 13.9 Å². The molecule has 2 aromatic rings. The van der Waals surface area contributed by atoms with Crippen LogP contribution in [0.3, 0.4) is 0 Å². The first kappa shape index (κ1) is 14.8. The Labute approximate surface area is 128 Å². The van der Waals surface area contributed by atoms with Crippen LogP contribution in [0.25, 0.3) is 11.0 Å². The molecular formula is C17H19NO4. The number of rotatable bonds is 3. The van der Waals surface area contributed by atoms with Crippen LogP contribution in [0.2, 0.25) is 0 Å². The van der Waals surface area contributed by atoms with Crippen LogP contribution in [-0.2, 0) is 16.1 Å². The first-order chi connectivity index (χ1) is 10.6. The molecule has 1 saturated heterocycles. The minimum Gasteiger partial charge on any atom is -0.468 e. The summed E-state index contributed by atoms with van der Waals surface area (Å²) in [5.74, 6) is -0.208. The molecule has 0 aliphatic carbocycles. The van der Waals surface area contributed by atoms with Crippen LogP contribution in [0, 0.1) is 6.92 Å². The minimum absolute atomic E-state index is 0.208. The van der Waals surface area contributed by atoms with Crippen molar-refractivity contribution in [1.82, 2.24) is 4.90 Å². The number of carbonyl (C=O) groups is 1. The second-order valence-electron chi connectivity index (χ2n) is 5.74. The predicted molar refractivity (Wildman–Crippen MR) is 82.7 cm³/mol. The summed E-state index contributed by atoms with van der Waals surface area (Å²) in [6.45, 7) is 3.33. The van der Waals surface area contributed by atoms with Crippen molar-refractivity contribution in [1.29, 1.82) is 0 Å². The summed E-state index contributed by atoms with van der Waals surface area (Å²) in [6, 6.07) is 7.12. The first-order valence-electron chi connectivity index (χ1n) is 7.44. The van der Waals surface area contributed by atoms with Gasteiger partial charge in [-0.05, 0) is 43.5 Å². The van der Waals surface area contributed by atoms with Crippen LogP contribution >= 0.6 is 0 Å². The number of carbonyl (C=O) groups excluding carboxylic acids is 1. The van der Waals surface area contributed by atoms with Crippen molar-refractivity contribution in [3.05, 3.63) is 45.8 Å². The number of nitrogens with zero attached hydrogens (tertiary/aromatic N) is 1. The maximum Gasteiger partial charge on any atom is 0.336 e. The third kappa shape index (κ3) is 2.76. The summed E-state index contributed by atoms with van der Waals surface area (Å²) in [5, 5.41) is 0.917. The van der Waals surface area contributed by atoms with Crippen molar-refractivity contribution in [3.8, 4) is 0 Å². The molecule has 5 heteroatoms. The molecule has 0 spiro atoms. The van der Waals surface area contributed by atoms with E-state index in [0.717, 1.165) is 35.9 Å². The van der Waals surface area contributed by atoms with Gasteiger partial charge in [-0.2, -0.15) is 0 Å². The summed E-state index contributed by atoms with van der Waals surface area (Å²) in [6.07, 6.45) is 1.75. The Balaban J connectivity index is 1.96.